The van der Waals surface area contributed by atoms with Crippen LogP contribution in [0.5, 0.6) is 0 Å². The van der Waals surface area contributed by atoms with Crippen LogP contribution in [0, 0.1) is 11.3 Å². The van der Waals surface area contributed by atoms with Crippen LogP contribution in [0.25, 0.3) is 0 Å². The molecule has 2 atom stereocenters. The van der Waals surface area contributed by atoms with Crippen LogP contribution in [-0.4, -0.2) is 55.3 Å². The first-order valence-corrected chi connectivity index (χ1v) is 15.8. The Morgan fingerprint density at radius 3 is 2.14 bits per heavy atom. The number of halogens is 1. The molecule has 9 nitrogen and oxygen atoms in total. The van der Waals surface area contributed by atoms with E-state index >= 15 is 0 Å². The molecule has 0 bridgehead atoms. The minimum absolute atomic E-state index is 0.0181. The van der Waals surface area contributed by atoms with E-state index in [0.717, 1.165) is 11.6 Å². The summed E-state index contributed by atoms with van der Waals surface area (Å²) in [4.78, 5) is 40.9. The highest BCUT2D eigenvalue weighted by molar-refractivity contribution is 7.90. The quantitative estimate of drug-likeness (QED) is 0.341. The summed E-state index contributed by atoms with van der Waals surface area (Å²) in [5, 5.41) is 15.0. The van der Waals surface area contributed by atoms with Gasteiger partial charge in [0, 0.05) is 34.7 Å². The summed E-state index contributed by atoms with van der Waals surface area (Å²) in [7, 11) is -4.28. The predicted molar refractivity (Wildman–Crippen MR) is 164 cm³/mol. The molecule has 1 aliphatic heterocycles. The molecule has 3 N–H and O–H groups in total. The Kier molecular flexibility index (Phi) is 9.34. The van der Waals surface area contributed by atoms with Gasteiger partial charge in [0.05, 0.1) is 10.5 Å². The molecular formula is C32H36ClN3O6S. The third kappa shape index (κ3) is 6.92. The fourth-order valence-electron chi connectivity index (χ4n) is 5.34. The molecule has 43 heavy (non-hydrogen) atoms. The number of nitrogens with zero attached hydrogens (tertiary/aromatic N) is 1. The van der Waals surface area contributed by atoms with Crippen molar-refractivity contribution in [3.8, 4) is 0 Å². The second-order valence-corrected chi connectivity index (χ2v) is 13.9. The molecule has 1 aliphatic rings. The number of sulfonamides is 1. The molecule has 0 aromatic heterocycles. The van der Waals surface area contributed by atoms with E-state index in [1.54, 1.807) is 47.4 Å². The minimum atomic E-state index is -4.28. The fraction of sp³-hybridized carbons (Fsp3) is 0.344. The number of piperidine rings is 1. The molecule has 1 heterocycles. The lowest BCUT2D eigenvalue weighted by Crippen LogP contribution is -2.60. The first kappa shape index (κ1) is 32.2. The molecule has 0 unspecified atom stereocenters. The molecule has 0 spiro atoms. The van der Waals surface area contributed by atoms with Crippen LogP contribution in [0.2, 0.25) is 5.02 Å². The van der Waals surface area contributed by atoms with Crippen molar-refractivity contribution in [3.05, 3.63) is 101 Å². The van der Waals surface area contributed by atoms with Gasteiger partial charge in [0.15, 0.2) is 0 Å². The van der Waals surface area contributed by atoms with Crippen molar-refractivity contribution in [2.75, 3.05) is 13.1 Å². The van der Waals surface area contributed by atoms with E-state index in [2.05, 4.69) is 5.32 Å². The number of amides is 3. The Balaban J connectivity index is 1.48. The van der Waals surface area contributed by atoms with Gasteiger partial charge in [-0.1, -0.05) is 75.7 Å². The molecule has 3 aromatic rings. The largest absolute Gasteiger partial charge is 0.384 e. The third-order valence-electron chi connectivity index (χ3n) is 7.97. The number of hydrogen-bond acceptors (Lipinski definition) is 6. The number of nitrogens with one attached hydrogen (secondary N) is 2. The molecule has 11 heteroatoms. The number of likely N-dealkylation sites (tertiary alicyclic amines) is 1. The molecule has 228 valence electrons. The lowest BCUT2D eigenvalue weighted by atomic mass is 9.66. The Labute approximate surface area is 257 Å². The lowest BCUT2D eigenvalue weighted by molar-refractivity contribution is -0.155. The maximum Gasteiger partial charge on any atom is 0.264 e. The van der Waals surface area contributed by atoms with Gasteiger partial charge in [-0.05, 0) is 60.4 Å². The van der Waals surface area contributed by atoms with Crippen molar-refractivity contribution < 1.29 is 27.9 Å². The van der Waals surface area contributed by atoms with Crippen molar-refractivity contribution >= 4 is 39.3 Å². The molecule has 3 aromatic carbocycles. The number of carbonyl (C=O) groups excluding carboxylic acids is 3. The molecule has 4 rings (SSSR count). The van der Waals surface area contributed by atoms with Crippen LogP contribution in [0.3, 0.4) is 0 Å². The van der Waals surface area contributed by atoms with Crippen molar-refractivity contribution in [2.45, 2.75) is 50.7 Å². The zero-order chi connectivity index (χ0) is 31.6. The normalized spacial score (nSPS) is 19.0. The smallest absolute Gasteiger partial charge is 0.264 e. The highest BCUT2D eigenvalue weighted by atomic mass is 35.5. The van der Waals surface area contributed by atoms with Crippen molar-refractivity contribution in [1.29, 1.82) is 0 Å². The summed E-state index contributed by atoms with van der Waals surface area (Å²) in [6.07, 6.45) is 0.292. The summed E-state index contributed by atoms with van der Waals surface area (Å²) in [6, 6.07) is 19.3. The molecule has 0 aliphatic carbocycles. The minimum Gasteiger partial charge on any atom is -0.384 e. The highest BCUT2D eigenvalue weighted by Crippen LogP contribution is 2.46. The highest BCUT2D eigenvalue weighted by Gasteiger charge is 2.50. The number of benzene rings is 3. The van der Waals surface area contributed by atoms with E-state index in [1.165, 1.54) is 30.3 Å². The van der Waals surface area contributed by atoms with Crippen LogP contribution >= 0.6 is 11.6 Å². The first-order valence-electron chi connectivity index (χ1n) is 13.9. The van der Waals surface area contributed by atoms with E-state index < -0.39 is 38.9 Å². The maximum absolute atomic E-state index is 13.7. The van der Waals surface area contributed by atoms with Gasteiger partial charge in [0.25, 0.3) is 21.8 Å². The fourth-order valence-corrected chi connectivity index (χ4v) is 6.49. The zero-order valence-corrected chi connectivity index (χ0v) is 26.1. The Bertz CT molecular complexity index is 1610. The molecular weight excluding hydrogens is 590 g/mol. The average molecular weight is 626 g/mol. The van der Waals surface area contributed by atoms with Gasteiger partial charge in [-0.2, -0.15) is 0 Å². The van der Waals surface area contributed by atoms with E-state index in [1.807, 2.05) is 32.4 Å². The standard InChI is InChI=1S/C32H36ClN3O6S/c1-21(2)27(30(39)36-18-17-32(40,31(3,4)20-36)24-13-15-25(33)16-14-24)34-28(37)23-11-8-12-26(19-23)43(41,42)35-29(38)22-9-6-5-7-10-22/h5-16,19,21,27,40H,17-18,20H2,1-4H3,(H,34,37)(H,35,38)/t27-,32+/m1/s1. The van der Waals surface area contributed by atoms with Crippen molar-refractivity contribution in [2.24, 2.45) is 11.3 Å². The second kappa shape index (κ2) is 12.5. The molecule has 3 amide bonds. The molecule has 0 radical (unpaired) electrons. The Morgan fingerprint density at radius 2 is 1.53 bits per heavy atom. The number of carbonyl (C=O) groups is 3. The zero-order valence-electron chi connectivity index (χ0n) is 24.5. The van der Waals surface area contributed by atoms with Crippen LogP contribution in [0.15, 0.2) is 83.8 Å². The van der Waals surface area contributed by atoms with Crippen LogP contribution in [-0.2, 0) is 20.4 Å². The van der Waals surface area contributed by atoms with E-state index in [0.29, 0.717) is 11.4 Å². The van der Waals surface area contributed by atoms with Crippen LogP contribution < -0.4 is 10.0 Å². The van der Waals surface area contributed by atoms with Crippen LogP contribution in [0.4, 0.5) is 0 Å². The number of hydrogen-bond donors (Lipinski definition) is 3. The van der Waals surface area contributed by atoms with Crippen LogP contribution in [0.1, 0.15) is 60.4 Å². The monoisotopic (exact) mass is 625 g/mol. The summed E-state index contributed by atoms with van der Waals surface area (Å²) in [6.45, 7) is 7.93. The summed E-state index contributed by atoms with van der Waals surface area (Å²) < 4.78 is 27.9. The average Bonchev–Trinajstić information content (AvgIpc) is 2.97. The predicted octanol–water partition coefficient (Wildman–Crippen LogP) is 4.36. The lowest BCUT2D eigenvalue weighted by Gasteiger charge is -2.51. The van der Waals surface area contributed by atoms with Gasteiger partial charge in [0.2, 0.25) is 5.91 Å². The summed E-state index contributed by atoms with van der Waals surface area (Å²) in [5.41, 5.74) is -0.993. The number of aliphatic hydroxyl groups is 1. The topological polar surface area (TPSA) is 133 Å². The second-order valence-electron chi connectivity index (χ2n) is 11.8. The Hall–Kier alpha value is -3.73. The van der Waals surface area contributed by atoms with Crippen molar-refractivity contribution in [3.63, 3.8) is 0 Å². The number of rotatable bonds is 8. The van der Waals surface area contributed by atoms with E-state index in [-0.39, 0.29) is 40.9 Å². The van der Waals surface area contributed by atoms with Gasteiger partial charge in [-0.15, -0.1) is 0 Å². The van der Waals surface area contributed by atoms with Gasteiger partial charge >= 0.3 is 0 Å². The van der Waals surface area contributed by atoms with Gasteiger partial charge < -0.3 is 15.3 Å². The summed E-state index contributed by atoms with van der Waals surface area (Å²) >= 11 is 6.04. The van der Waals surface area contributed by atoms with Crippen molar-refractivity contribution in [1.82, 2.24) is 14.9 Å². The molecule has 1 saturated heterocycles. The maximum atomic E-state index is 13.7. The SMILES string of the molecule is CC(C)[C@@H](NC(=O)c1cccc(S(=O)(=O)NC(=O)c2ccccc2)c1)C(=O)N1CC[C@](O)(c2ccc(Cl)cc2)C(C)(C)C1. The third-order valence-corrected chi connectivity index (χ3v) is 9.55. The van der Waals surface area contributed by atoms with Gasteiger partial charge in [-0.25, -0.2) is 13.1 Å². The van der Waals surface area contributed by atoms with E-state index in [4.69, 9.17) is 11.6 Å². The Morgan fingerprint density at radius 1 is 0.907 bits per heavy atom. The molecule has 1 fully saturated rings. The van der Waals surface area contributed by atoms with Gasteiger partial charge in [-0.3, -0.25) is 14.4 Å². The van der Waals surface area contributed by atoms with Gasteiger partial charge in [0.1, 0.15) is 6.04 Å². The molecule has 0 saturated carbocycles. The first-order chi connectivity index (χ1) is 20.1. The summed E-state index contributed by atoms with van der Waals surface area (Å²) in [5.74, 6) is -2.01. The van der Waals surface area contributed by atoms with E-state index in [9.17, 15) is 27.9 Å².